The van der Waals surface area contributed by atoms with Crippen molar-refractivity contribution in [1.82, 2.24) is 9.97 Å². The predicted octanol–water partition coefficient (Wildman–Crippen LogP) is 3.40. The van der Waals surface area contributed by atoms with Crippen LogP contribution in [0.5, 0.6) is 0 Å². The highest BCUT2D eigenvalue weighted by Gasteiger charge is 2.06. The Labute approximate surface area is 108 Å². The molecule has 3 nitrogen and oxygen atoms in total. The first-order valence-electron chi connectivity index (χ1n) is 4.90. The smallest absolute Gasteiger partial charge is 0.192 e. The third-order valence-electron chi connectivity index (χ3n) is 2.06. The van der Waals surface area contributed by atoms with Crippen molar-refractivity contribution in [2.45, 2.75) is 17.0 Å². The number of rotatable bonds is 3. The highest BCUT2D eigenvalue weighted by Crippen LogP contribution is 2.29. The van der Waals surface area contributed by atoms with Crippen LogP contribution in [0, 0.1) is 6.92 Å². The molecule has 0 aliphatic rings. The van der Waals surface area contributed by atoms with E-state index in [0.717, 1.165) is 16.7 Å². The maximum absolute atomic E-state index is 10.9. The molecule has 86 valence electrons. The van der Waals surface area contributed by atoms with Gasteiger partial charge < -0.3 is 0 Å². The van der Waals surface area contributed by atoms with E-state index in [1.165, 1.54) is 11.8 Å². The summed E-state index contributed by atoms with van der Waals surface area (Å²) < 4.78 is 0. The van der Waals surface area contributed by atoms with Crippen LogP contribution in [0.4, 0.5) is 0 Å². The van der Waals surface area contributed by atoms with Gasteiger partial charge in [-0.1, -0.05) is 11.6 Å². The topological polar surface area (TPSA) is 42.9 Å². The Morgan fingerprint density at radius 1 is 1.29 bits per heavy atom. The molecule has 0 aliphatic heterocycles. The van der Waals surface area contributed by atoms with Crippen LogP contribution in [0.1, 0.15) is 15.9 Å². The molecule has 2 rings (SSSR count). The molecule has 0 saturated carbocycles. The Bertz CT molecular complexity index is 543. The number of hydrogen-bond acceptors (Lipinski definition) is 4. The van der Waals surface area contributed by atoms with E-state index < -0.39 is 0 Å². The van der Waals surface area contributed by atoms with Gasteiger partial charge in [0.25, 0.3) is 0 Å². The molecule has 17 heavy (non-hydrogen) atoms. The van der Waals surface area contributed by atoms with Gasteiger partial charge in [0.2, 0.25) is 0 Å². The zero-order chi connectivity index (χ0) is 12.3. The van der Waals surface area contributed by atoms with Gasteiger partial charge in [-0.15, -0.1) is 0 Å². The molecule has 0 radical (unpaired) electrons. The normalized spacial score (nSPS) is 10.2. The molecule has 0 amide bonds. The minimum absolute atomic E-state index is 0.587. The van der Waals surface area contributed by atoms with Gasteiger partial charge in [0.15, 0.2) is 11.4 Å². The molecule has 0 N–H and O–H groups in total. The van der Waals surface area contributed by atoms with Crippen LogP contribution in [-0.2, 0) is 0 Å². The van der Waals surface area contributed by atoms with Gasteiger partial charge in [-0.2, -0.15) is 0 Å². The molecule has 0 atom stereocenters. The number of carbonyl (C=O) groups is 1. The van der Waals surface area contributed by atoms with Gasteiger partial charge in [0.1, 0.15) is 0 Å². The van der Waals surface area contributed by atoms with E-state index in [-0.39, 0.29) is 0 Å². The van der Waals surface area contributed by atoms with Crippen molar-refractivity contribution in [3.05, 3.63) is 46.7 Å². The molecule has 0 aliphatic carbocycles. The molecule has 0 fully saturated rings. The fraction of sp³-hybridized carbons (Fsp3) is 0.0833. The second-order valence-corrected chi connectivity index (χ2v) is 4.89. The first-order valence-corrected chi connectivity index (χ1v) is 6.10. The molecule has 0 unspecified atom stereocenters. The van der Waals surface area contributed by atoms with Crippen LogP contribution in [0.25, 0.3) is 0 Å². The number of hydrogen-bond donors (Lipinski definition) is 0. The zero-order valence-corrected chi connectivity index (χ0v) is 10.6. The zero-order valence-electron chi connectivity index (χ0n) is 9.05. The Kier molecular flexibility index (Phi) is 3.76. The summed E-state index contributed by atoms with van der Waals surface area (Å²) >= 11 is 7.22. The first kappa shape index (κ1) is 12.1. The van der Waals surface area contributed by atoms with E-state index >= 15 is 0 Å². The second-order valence-electron chi connectivity index (χ2n) is 3.45. The molecule has 1 heterocycles. The van der Waals surface area contributed by atoms with Gasteiger partial charge >= 0.3 is 0 Å². The van der Waals surface area contributed by atoms with Crippen LogP contribution >= 0.6 is 23.4 Å². The average Bonchev–Trinajstić information content (AvgIpc) is 2.32. The number of aryl methyl sites for hydroxylation is 1. The van der Waals surface area contributed by atoms with Crippen LogP contribution in [0.3, 0.4) is 0 Å². The van der Waals surface area contributed by atoms with Crippen molar-refractivity contribution in [3.8, 4) is 0 Å². The standard InChI is InChI=1S/C12H9ClN2OS/c1-8-5-14-12(15-6-8)17-11-4-10(13)3-2-9(11)7-16/h2-7H,1H3. The first-order chi connectivity index (χ1) is 8.19. The SMILES string of the molecule is Cc1cnc(Sc2cc(Cl)ccc2C=O)nc1. The molecule has 0 saturated heterocycles. The molecule has 0 bridgehead atoms. The van der Waals surface area contributed by atoms with Crippen molar-refractivity contribution in [3.63, 3.8) is 0 Å². The lowest BCUT2D eigenvalue weighted by atomic mass is 10.2. The van der Waals surface area contributed by atoms with E-state index in [2.05, 4.69) is 9.97 Å². The highest BCUT2D eigenvalue weighted by atomic mass is 35.5. The minimum atomic E-state index is 0.587. The number of aldehydes is 1. The number of aromatic nitrogens is 2. The minimum Gasteiger partial charge on any atom is -0.298 e. The van der Waals surface area contributed by atoms with Crippen molar-refractivity contribution in [1.29, 1.82) is 0 Å². The van der Waals surface area contributed by atoms with Gasteiger partial charge in [-0.25, -0.2) is 9.97 Å². The summed E-state index contributed by atoms with van der Waals surface area (Å²) in [5, 5.41) is 1.19. The molecule has 2 aromatic rings. The summed E-state index contributed by atoms with van der Waals surface area (Å²) in [6.45, 7) is 1.92. The summed E-state index contributed by atoms with van der Waals surface area (Å²) in [7, 11) is 0. The molecule has 1 aromatic carbocycles. The molecular weight excluding hydrogens is 256 g/mol. The van der Waals surface area contributed by atoms with Crippen LogP contribution in [0.2, 0.25) is 5.02 Å². The van der Waals surface area contributed by atoms with E-state index in [4.69, 9.17) is 11.6 Å². The summed E-state index contributed by atoms with van der Waals surface area (Å²) in [4.78, 5) is 20.0. The lowest BCUT2D eigenvalue weighted by Gasteiger charge is -2.03. The van der Waals surface area contributed by atoms with Crippen LogP contribution < -0.4 is 0 Å². The third kappa shape index (κ3) is 3.05. The largest absolute Gasteiger partial charge is 0.298 e. The van der Waals surface area contributed by atoms with Crippen molar-refractivity contribution < 1.29 is 4.79 Å². The molecule has 1 aromatic heterocycles. The quantitative estimate of drug-likeness (QED) is 0.629. The number of nitrogens with zero attached hydrogens (tertiary/aromatic N) is 2. The van der Waals surface area contributed by atoms with Crippen molar-refractivity contribution in [2.24, 2.45) is 0 Å². The van der Waals surface area contributed by atoms with E-state index in [1.807, 2.05) is 6.92 Å². The van der Waals surface area contributed by atoms with E-state index in [0.29, 0.717) is 15.7 Å². The maximum Gasteiger partial charge on any atom is 0.192 e. The maximum atomic E-state index is 10.9. The second kappa shape index (κ2) is 5.29. The van der Waals surface area contributed by atoms with Crippen LogP contribution in [-0.4, -0.2) is 16.3 Å². The van der Waals surface area contributed by atoms with E-state index in [1.54, 1.807) is 30.6 Å². The lowest BCUT2D eigenvalue weighted by molar-refractivity contribution is 0.112. The van der Waals surface area contributed by atoms with Gasteiger partial charge in [-0.05, 0) is 42.4 Å². The fourth-order valence-corrected chi connectivity index (χ4v) is 2.29. The van der Waals surface area contributed by atoms with Crippen molar-refractivity contribution in [2.75, 3.05) is 0 Å². The Hall–Kier alpha value is -1.39. The molecule has 5 heteroatoms. The summed E-state index contributed by atoms with van der Waals surface area (Å²) in [6, 6.07) is 5.11. The van der Waals surface area contributed by atoms with E-state index in [9.17, 15) is 4.79 Å². The Morgan fingerprint density at radius 3 is 2.65 bits per heavy atom. The average molecular weight is 265 g/mol. The Morgan fingerprint density at radius 2 is 2.00 bits per heavy atom. The molecule has 0 spiro atoms. The van der Waals surface area contributed by atoms with Crippen molar-refractivity contribution >= 4 is 29.6 Å². The molecular formula is C12H9ClN2OS. The van der Waals surface area contributed by atoms with Gasteiger partial charge in [-0.3, -0.25) is 4.79 Å². The predicted molar refractivity (Wildman–Crippen MR) is 67.7 cm³/mol. The van der Waals surface area contributed by atoms with Gasteiger partial charge in [0, 0.05) is 27.9 Å². The highest BCUT2D eigenvalue weighted by molar-refractivity contribution is 7.99. The number of halogens is 1. The number of carbonyl (C=O) groups excluding carboxylic acids is 1. The van der Waals surface area contributed by atoms with Gasteiger partial charge in [0.05, 0.1) is 0 Å². The summed E-state index contributed by atoms with van der Waals surface area (Å²) in [5.74, 6) is 0. The fourth-order valence-electron chi connectivity index (χ4n) is 1.23. The summed E-state index contributed by atoms with van der Waals surface area (Å²) in [6.07, 6.45) is 4.27. The lowest BCUT2D eigenvalue weighted by Crippen LogP contribution is -1.89. The summed E-state index contributed by atoms with van der Waals surface area (Å²) in [5.41, 5.74) is 1.58. The number of benzene rings is 1. The monoisotopic (exact) mass is 264 g/mol. The van der Waals surface area contributed by atoms with Crippen LogP contribution in [0.15, 0.2) is 40.6 Å². The Balaban J connectivity index is 2.31. The third-order valence-corrected chi connectivity index (χ3v) is 3.26.